The number of allylic oxidation sites excluding steroid dienone is 1. The Morgan fingerprint density at radius 2 is 1.34 bits per heavy atom. The lowest BCUT2D eigenvalue weighted by atomic mass is 9.88. The summed E-state index contributed by atoms with van der Waals surface area (Å²) in [6, 6.07) is 29.6. The van der Waals surface area contributed by atoms with Gasteiger partial charge in [0, 0.05) is 12.1 Å². The van der Waals surface area contributed by atoms with Crippen molar-refractivity contribution in [2.75, 3.05) is 26.8 Å². The van der Waals surface area contributed by atoms with Gasteiger partial charge in [0.15, 0.2) is 0 Å². The molecule has 0 aliphatic heterocycles. The Kier molecular flexibility index (Phi) is 8.26. The number of benzene rings is 3. The first kappa shape index (κ1) is 23.8. The first-order valence-corrected chi connectivity index (χ1v) is 11.4. The van der Waals surface area contributed by atoms with Gasteiger partial charge in [0.2, 0.25) is 0 Å². The molecule has 1 N–H and O–H groups in total. The minimum Gasteiger partial charge on any atom is -0.492 e. The van der Waals surface area contributed by atoms with Crippen LogP contribution in [0.5, 0.6) is 5.75 Å². The van der Waals surface area contributed by atoms with Crippen LogP contribution in [0.1, 0.15) is 43.9 Å². The Morgan fingerprint density at radius 1 is 0.812 bits per heavy atom. The minimum atomic E-state index is -0.253. The average molecular weight is 430 g/mol. The topological polar surface area (TPSA) is 32.7 Å². The molecule has 0 spiro atoms. The van der Waals surface area contributed by atoms with Crippen LogP contribution in [0.15, 0.2) is 84.9 Å². The van der Waals surface area contributed by atoms with Crippen LogP contribution in [-0.4, -0.2) is 42.4 Å². The van der Waals surface area contributed by atoms with Crippen LogP contribution in [0, 0.1) is 0 Å². The van der Waals surface area contributed by atoms with Crippen LogP contribution >= 0.6 is 0 Å². The van der Waals surface area contributed by atoms with E-state index in [1.807, 2.05) is 33.0 Å². The summed E-state index contributed by atoms with van der Waals surface area (Å²) in [5.74, 6) is 0.856. The second kappa shape index (κ2) is 11.1. The lowest BCUT2D eigenvalue weighted by Crippen LogP contribution is -2.45. The van der Waals surface area contributed by atoms with Crippen LogP contribution in [-0.2, 0) is 0 Å². The zero-order chi connectivity index (χ0) is 23.0. The highest BCUT2D eigenvalue weighted by Crippen LogP contribution is 2.34. The van der Waals surface area contributed by atoms with E-state index in [0.717, 1.165) is 18.7 Å². The molecule has 0 aliphatic carbocycles. The molecular formula is C29H35NO2. The highest BCUT2D eigenvalue weighted by Gasteiger charge is 2.21. The summed E-state index contributed by atoms with van der Waals surface area (Å²) in [5.41, 5.74) is 5.99. The van der Waals surface area contributed by atoms with Crippen LogP contribution < -0.4 is 4.74 Å². The fourth-order valence-electron chi connectivity index (χ4n) is 3.73. The van der Waals surface area contributed by atoms with E-state index in [-0.39, 0.29) is 12.1 Å². The van der Waals surface area contributed by atoms with Gasteiger partial charge < -0.3 is 9.84 Å². The summed E-state index contributed by atoms with van der Waals surface area (Å²) in [6.45, 7) is 7.71. The van der Waals surface area contributed by atoms with Crippen molar-refractivity contribution in [3.8, 4) is 5.75 Å². The summed E-state index contributed by atoms with van der Waals surface area (Å²) in [6.07, 6.45) is 0.944. The highest BCUT2D eigenvalue weighted by molar-refractivity contribution is 5.98. The number of ether oxygens (including phenoxy) is 1. The van der Waals surface area contributed by atoms with Crippen LogP contribution in [0.2, 0.25) is 0 Å². The summed E-state index contributed by atoms with van der Waals surface area (Å²) in [5, 5.41) is 9.52. The quantitative estimate of drug-likeness (QED) is 0.393. The molecule has 0 saturated heterocycles. The van der Waals surface area contributed by atoms with Crippen molar-refractivity contribution in [2.24, 2.45) is 0 Å². The summed E-state index contributed by atoms with van der Waals surface area (Å²) in [4.78, 5) is 2.12. The Bertz CT molecular complexity index is 992. The number of hydrogen-bond acceptors (Lipinski definition) is 3. The van der Waals surface area contributed by atoms with Crippen molar-refractivity contribution in [1.82, 2.24) is 4.90 Å². The molecule has 0 unspecified atom stereocenters. The van der Waals surface area contributed by atoms with Crippen LogP contribution in [0.3, 0.4) is 0 Å². The number of nitrogens with zero attached hydrogens (tertiary/aromatic N) is 1. The van der Waals surface area contributed by atoms with Crippen LogP contribution in [0.4, 0.5) is 0 Å². The molecule has 168 valence electrons. The molecule has 0 atom stereocenters. The van der Waals surface area contributed by atoms with Crippen molar-refractivity contribution in [2.45, 2.75) is 32.7 Å². The predicted octanol–water partition coefficient (Wildman–Crippen LogP) is 6.14. The van der Waals surface area contributed by atoms with Gasteiger partial charge in [-0.05, 0) is 67.3 Å². The van der Waals surface area contributed by atoms with Gasteiger partial charge in [-0.15, -0.1) is 0 Å². The van der Waals surface area contributed by atoms with E-state index < -0.39 is 0 Å². The highest BCUT2D eigenvalue weighted by atomic mass is 16.5. The van der Waals surface area contributed by atoms with E-state index in [1.165, 1.54) is 27.8 Å². The molecule has 0 heterocycles. The third kappa shape index (κ3) is 5.87. The molecule has 0 aromatic heterocycles. The molecule has 0 bridgehead atoms. The van der Waals surface area contributed by atoms with E-state index in [1.54, 1.807) is 0 Å². The molecule has 0 aliphatic rings. The van der Waals surface area contributed by atoms with Crippen molar-refractivity contribution in [3.63, 3.8) is 0 Å². The van der Waals surface area contributed by atoms with Crippen molar-refractivity contribution in [1.29, 1.82) is 0 Å². The Hall–Kier alpha value is -2.88. The Labute approximate surface area is 193 Å². The maximum atomic E-state index is 9.52. The lowest BCUT2D eigenvalue weighted by Gasteiger charge is -2.33. The fraction of sp³-hybridized carbons (Fsp3) is 0.310. The normalized spacial score (nSPS) is 12.6. The van der Waals surface area contributed by atoms with Gasteiger partial charge in [0.05, 0.1) is 6.61 Å². The molecule has 0 fully saturated rings. The fourth-order valence-corrected chi connectivity index (χ4v) is 3.73. The van der Waals surface area contributed by atoms with Gasteiger partial charge in [-0.2, -0.15) is 0 Å². The minimum absolute atomic E-state index is 0.119. The zero-order valence-corrected chi connectivity index (χ0v) is 19.7. The summed E-state index contributed by atoms with van der Waals surface area (Å²) < 4.78 is 5.99. The molecule has 0 saturated carbocycles. The van der Waals surface area contributed by atoms with E-state index in [2.05, 4.69) is 84.6 Å². The largest absolute Gasteiger partial charge is 0.492 e. The monoisotopic (exact) mass is 429 g/mol. The van der Waals surface area contributed by atoms with Gasteiger partial charge in [0.1, 0.15) is 12.4 Å². The first-order chi connectivity index (χ1) is 15.5. The van der Waals surface area contributed by atoms with Gasteiger partial charge in [-0.25, -0.2) is 0 Å². The average Bonchev–Trinajstić information content (AvgIpc) is 2.84. The van der Waals surface area contributed by atoms with Gasteiger partial charge in [-0.1, -0.05) is 79.7 Å². The second-order valence-corrected chi connectivity index (χ2v) is 8.70. The second-order valence-electron chi connectivity index (χ2n) is 8.70. The standard InChI is InChI=1S/C29H35NO2/c1-5-27(23-12-8-6-9-13-23)28(24-14-10-7-11-15-24)25-16-18-26(19-17-25)32-21-20-30(4)29(2,3)22-31/h6-19,31H,5,20-22H2,1-4H3/b28-27-. The number of likely N-dealkylation sites (N-methyl/N-ethyl adjacent to an activating group) is 1. The maximum absolute atomic E-state index is 9.52. The number of aliphatic hydroxyl groups is 1. The number of rotatable bonds is 10. The lowest BCUT2D eigenvalue weighted by molar-refractivity contribution is 0.0679. The third-order valence-electron chi connectivity index (χ3n) is 6.10. The molecule has 3 aromatic rings. The van der Waals surface area contributed by atoms with Gasteiger partial charge in [-0.3, -0.25) is 4.90 Å². The Balaban J connectivity index is 1.85. The first-order valence-electron chi connectivity index (χ1n) is 11.4. The molecule has 3 rings (SSSR count). The van der Waals surface area contributed by atoms with Crippen molar-refractivity contribution >= 4 is 11.1 Å². The SMILES string of the molecule is CC/C(=C(\c1ccccc1)c1ccc(OCCN(C)C(C)(C)CO)cc1)c1ccccc1. The zero-order valence-electron chi connectivity index (χ0n) is 19.7. The van der Waals surface area contributed by atoms with Crippen molar-refractivity contribution in [3.05, 3.63) is 102 Å². The van der Waals surface area contributed by atoms with Gasteiger partial charge in [0.25, 0.3) is 0 Å². The molecule has 0 radical (unpaired) electrons. The smallest absolute Gasteiger partial charge is 0.119 e. The van der Waals surface area contributed by atoms with Crippen molar-refractivity contribution < 1.29 is 9.84 Å². The van der Waals surface area contributed by atoms with E-state index >= 15 is 0 Å². The third-order valence-corrected chi connectivity index (χ3v) is 6.10. The van der Waals surface area contributed by atoms with Gasteiger partial charge >= 0.3 is 0 Å². The molecule has 3 aromatic carbocycles. The summed E-state index contributed by atoms with van der Waals surface area (Å²) in [7, 11) is 2.01. The number of hydrogen-bond donors (Lipinski definition) is 1. The van der Waals surface area contributed by atoms with E-state index in [0.29, 0.717) is 6.61 Å². The maximum Gasteiger partial charge on any atom is 0.119 e. The molecule has 3 heteroatoms. The molecule has 3 nitrogen and oxygen atoms in total. The van der Waals surface area contributed by atoms with E-state index in [4.69, 9.17) is 4.74 Å². The summed E-state index contributed by atoms with van der Waals surface area (Å²) >= 11 is 0. The molecule has 32 heavy (non-hydrogen) atoms. The number of aliphatic hydroxyl groups excluding tert-OH is 1. The van der Waals surface area contributed by atoms with E-state index in [9.17, 15) is 5.11 Å². The molecular weight excluding hydrogens is 394 g/mol. The Morgan fingerprint density at radius 3 is 1.88 bits per heavy atom. The van der Waals surface area contributed by atoms with Crippen LogP contribution in [0.25, 0.3) is 11.1 Å². The molecule has 0 amide bonds. The predicted molar refractivity (Wildman–Crippen MR) is 135 cm³/mol.